The van der Waals surface area contributed by atoms with Gasteiger partial charge in [-0.15, -0.1) is 0 Å². The average molecular weight is 594 g/mol. The van der Waals surface area contributed by atoms with Crippen molar-refractivity contribution in [3.8, 4) is 11.3 Å². The molecule has 2 aliphatic heterocycles. The van der Waals surface area contributed by atoms with Crippen molar-refractivity contribution >= 4 is 32.7 Å². The maximum absolute atomic E-state index is 12.5. The van der Waals surface area contributed by atoms with Crippen molar-refractivity contribution in [1.82, 2.24) is 20.0 Å². The SMILES string of the molecule is Cc1noc([C@@H]2[C@@H](c3ccc(Br)cc3)[C@@H]3CCCN3[C@]23c2ccccc2-c2nc4ccccc4nc23)c1[N+](=O)[O-]. The van der Waals surface area contributed by atoms with E-state index in [1.165, 1.54) is 0 Å². The average Bonchev–Trinajstić information content (AvgIpc) is 3.71. The van der Waals surface area contributed by atoms with Crippen LogP contribution in [0.25, 0.3) is 22.3 Å². The third-order valence-electron chi connectivity index (χ3n) is 9.08. The van der Waals surface area contributed by atoms with Crippen LogP contribution in [0.1, 0.15) is 53.0 Å². The summed E-state index contributed by atoms with van der Waals surface area (Å²) in [6.07, 6.45) is 2.00. The molecule has 5 aromatic rings. The summed E-state index contributed by atoms with van der Waals surface area (Å²) in [6.45, 7) is 2.49. The number of aryl methyl sites for hydroxylation is 1. The van der Waals surface area contributed by atoms with E-state index in [1.54, 1.807) is 6.92 Å². The predicted octanol–water partition coefficient (Wildman–Crippen LogP) is 6.87. The Hall–Kier alpha value is -3.95. The molecule has 1 spiro atoms. The Morgan fingerprint density at radius 3 is 2.52 bits per heavy atom. The summed E-state index contributed by atoms with van der Waals surface area (Å²) in [7, 11) is 0. The van der Waals surface area contributed by atoms with Gasteiger partial charge in [-0.2, -0.15) is 0 Å². The molecule has 3 aromatic carbocycles. The quantitative estimate of drug-likeness (QED) is 0.166. The second-order valence-electron chi connectivity index (χ2n) is 10.9. The Kier molecular flexibility index (Phi) is 5.09. The summed E-state index contributed by atoms with van der Waals surface area (Å²) >= 11 is 3.58. The van der Waals surface area contributed by atoms with Crippen LogP contribution < -0.4 is 0 Å². The normalized spacial score (nSPS) is 24.9. The van der Waals surface area contributed by atoms with Crippen molar-refractivity contribution in [3.63, 3.8) is 0 Å². The molecule has 0 saturated carbocycles. The molecular formula is C31H24BrN5O3. The van der Waals surface area contributed by atoms with Gasteiger partial charge < -0.3 is 4.52 Å². The summed E-state index contributed by atoms with van der Waals surface area (Å²) in [6, 6.07) is 24.7. The van der Waals surface area contributed by atoms with E-state index in [0.29, 0.717) is 5.76 Å². The zero-order valence-corrected chi connectivity index (χ0v) is 23.2. The second kappa shape index (κ2) is 8.52. The first-order chi connectivity index (χ1) is 19.5. The molecule has 0 N–H and O–H groups in total. The number of fused-ring (bicyclic) bond motifs is 8. The van der Waals surface area contributed by atoms with Gasteiger partial charge in [0, 0.05) is 22.0 Å². The lowest BCUT2D eigenvalue weighted by Crippen LogP contribution is -2.45. The second-order valence-corrected chi connectivity index (χ2v) is 11.8. The van der Waals surface area contributed by atoms with Crippen molar-refractivity contribution < 1.29 is 9.45 Å². The van der Waals surface area contributed by atoms with E-state index in [4.69, 9.17) is 14.5 Å². The topological polar surface area (TPSA) is 98.2 Å². The standard InChI is InChI=1S/C31H24BrN5O3/c1-17-28(37(38)39)29(40-35-17)26-25(18-12-14-19(32)15-13-18)24-11-6-16-36(24)31(26)21-8-3-2-7-20(21)27-30(31)34-23-10-5-4-9-22(23)33-27/h2-5,7-10,12-15,24-26H,6,11,16H2,1H3/t24-,25-,26-,31+/m0/s1. The fraction of sp³-hybridized carbons (Fsp3) is 0.258. The molecule has 4 atom stereocenters. The molecular weight excluding hydrogens is 570 g/mol. The minimum atomic E-state index is -0.807. The number of halogens is 1. The van der Waals surface area contributed by atoms with Gasteiger partial charge >= 0.3 is 5.69 Å². The number of benzene rings is 3. The molecule has 8 rings (SSSR count). The van der Waals surface area contributed by atoms with Gasteiger partial charge in [0.05, 0.1) is 33.3 Å². The third kappa shape index (κ3) is 3.02. The first kappa shape index (κ1) is 23.9. The summed E-state index contributed by atoms with van der Waals surface area (Å²) < 4.78 is 7.00. The molecule has 2 fully saturated rings. The molecule has 0 amide bonds. The molecule has 3 aliphatic rings. The molecule has 4 heterocycles. The van der Waals surface area contributed by atoms with Crippen LogP contribution in [0, 0.1) is 17.0 Å². The van der Waals surface area contributed by atoms with Crippen LogP contribution >= 0.6 is 15.9 Å². The van der Waals surface area contributed by atoms with E-state index in [-0.39, 0.29) is 28.3 Å². The lowest BCUT2D eigenvalue weighted by Gasteiger charge is -2.39. The van der Waals surface area contributed by atoms with E-state index in [2.05, 4.69) is 50.3 Å². The van der Waals surface area contributed by atoms with Crippen LogP contribution in [0.2, 0.25) is 0 Å². The lowest BCUT2D eigenvalue weighted by atomic mass is 9.70. The van der Waals surface area contributed by atoms with Gasteiger partial charge in [0.1, 0.15) is 5.54 Å². The van der Waals surface area contributed by atoms with Crippen molar-refractivity contribution in [3.05, 3.63) is 116 Å². The number of rotatable bonds is 3. The Morgan fingerprint density at radius 1 is 1.02 bits per heavy atom. The third-order valence-corrected chi connectivity index (χ3v) is 9.61. The minimum absolute atomic E-state index is 0.0488. The molecule has 0 radical (unpaired) electrons. The molecule has 9 heteroatoms. The molecule has 198 valence electrons. The first-order valence-electron chi connectivity index (χ1n) is 13.5. The van der Waals surface area contributed by atoms with Crippen LogP contribution in [-0.2, 0) is 5.54 Å². The first-order valence-corrected chi connectivity index (χ1v) is 14.3. The number of hydrogen-bond donors (Lipinski definition) is 0. The van der Waals surface area contributed by atoms with Gasteiger partial charge in [0.2, 0.25) is 5.76 Å². The molecule has 2 saturated heterocycles. The van der Waals surface area contributed by atoms with Gasteiger partial charge in [-0.1, -0.05) is 69.6 Å². The predicted molar refractivity (Wildman–Crippen MR) is 153 cm³/mol. The number of para-hydroxylation sites is 2. The van der Waals surface area contributed by atoms with E-state index in [9.17, 15) is 10.1 Å². The van der Waals surface area contributed by atoms with Crippen LogP contribution in [0.3, 0.4) is 0 Å². The van der Waals surface area contributed by atoms with Crippen LogP contribution in [-0.4, -0.2) is 37.5 Å². The number of hydrogen-bond acceptors (Lipinski definition) is 7. The van der Waals surface area contributed by atoms with Gasteiger partial charge in [0.25, 0.3) is 0 Å². The highest BCUT2D eigenvalue weighted by atomic mass is 79.9. The largest absolute Gasteiger partial charge is 0.353 e. The summed E-state index contributed by atoms with van der Waals surface area (Å²) in [5.74, 6) is -0.227. The summed E-state index contributed by atoms with van der Waals surface area (Å²) in [4.78, 5) is 25.2. The van der Waals surface area contributed by atoms with Gasteiger partial charge in [0.15, 0.2) is 5.69 Å². The van der Waals surface area contributed by atoms with Crippen LogP contribution in [0.4, 0.5) is 5.69 Å². The Labute approximate surface area is 238 Å². The van der Waals surface area contributed by atoms with E-state index >= 15 is 0 Å². The van der Waals surface area contributed by atoms with E-state index in [0.717, 1.165) is 63.0 Å². The van der Waals surface area contributed by atoms with Gasteiger partial charge in [-0.3, -0.25) is 15.0 Å². The lowest BCUT2D eigenvalue weighted by molar-refractivity contribution is -0.386. The highest BCUT2D eigenvalue weighted by Crippen LogP contribution is 2.68. The molecule has 0 unspecified atom stereocenters. The smallest absolute Gasteiger partial charge is 0.334 e. The maximum Gasteiger partial charge on any atom is 0.334 e. The monoisotopic (exact) mass is 593 g/mol. The molecule has 2 aromatic heterocycles. The van der Waals surface area contributed by atoms with Crippen molar-refractivity contribution in [2.24, 2.45) is 0 Å². The maximum atomic E-state index is 12.5. The molecule has 40 heavy (non-hydrogen) atoms. The van der Waals surface area contributed by atoms with E-state index < -0.39 is 11.5 Å². The number of nitrogens with zero attached hydrogens (tertiary/aromatic N) is 5. The van der Waals surface area contributed by atoms with E-state index in [1.807, 2.05) is 48.5 Å². The van der Waals surface area contributed by atoms with Crippen molar-refractivity contribution in [2.45, 2.75) is 43.2 Å². The highest BCUT2D eigenvalue weighted by Gasteiger charge is 2.68. The van der Waals surface area contributed by atoms with Crippen molar-refractivity contribution in [1.29, 1.82) is 0 Å². The number of nitro groups is 1. The highest BCUT2D eigenvalue weighted by molar-refractivity contribution is 9.10. The molecule has 1 aliphatic carbocycles. The zero-order valence-electron chi connectivity index (χ0n) is 21.6. The Balaban J connectivity index is 1.52. The van der Waals surface area contributed by atoms with Crippen LogP contribution in [0.5, 0.6) is 0 Å². The van der Waals surface area contributed by atoms with Gasteiger partial charge in [-0.05, 0) is 61.7 Å². The fourth-order valence-electron chi connectivity index (χ4n) is 7.73. The molecule has 8 nitrogen and oxygen atoms in total. The Morgan fingerprint density at radius 2 is 1.75 bits per heavy atom. The van der Waals surface area contributed by atoms with Gasteiger partial charge in [-0.25, -0.2) is 9.97 Å². The summed E-state index contributed by atoms with van der Waals surface area (Å²) in [5, 5.41) is 16.7. The molecule has 0 bridgehead atoms. The minimum Gasteiger partial charge on any atom is -0.353 e. The van der Waals surface area contributed by atoms with Crippen molar-refractivity contribution in [2.75, 3.05) is 6.54 Å². The fourth-order valence-corrected chi connectivity index (χ4v) is 8.00. The van der Waals surface area contributed by atoms with Crippen LogP contribution in [0.15, 0.2) is 81.8 Å². The summed E-state index contributed by atoms with van der Waals surface area (Å²) in [5.41, 5.74) is 5.93. The Bertz CT molecular complexity index is 1840. The number of aromatic nitrogens is 3. The zero-order chi connectivity index (χ0) is 27.2.